The second-order valence-corrected chi connectivity index (χ2v) is 5.67. The fourth-order valence-corrected chi connectivity index (χ4v) is 2.38. The van der Waals surface area contributed by atoms with E-state index in [-0.39, 0.29) is 24.3 Å². The molecule has 0 aromatic heterocycles. The number of amides is 2. The predicted molar refractivity (Wildman–Crippen MR) is 97.5 cm³/mol. The molecule has 2 rings (SSSR count). The van der Waals surface area contributed by atoms with Crippen molar-refractivity contribution in [2.45, 2.75) is 6.42 Å². The number of para-hydroxylation sites is 1. The largest absolute Gasteiger partial charge is 0.504 e. The van der Waals surface area contributed by atoms with Gasteiger partial charge in [0.25, 0.3) is 5.91 Å². The SMILES string of the molecule is COc1cccc(C(=O)OCC(=O)N(CCC(N)=O)c2ccc(F)cc2)c1O. The Balaban J connectivity index is 2.11. The lowest BCUT2D eigenvalue weighted by Crippen LogP contribution is -2.37. The van der Waals surface area contributed by atoms with Gasteiger partial charge >= 0.3 is 5.97 Å². The van der Waals surface area contributed by atoms with E-state index in [1.165, 1.54) is 37.4 Å². The zero-order valence-electron chi connectivity index (χ0n) is 15.1. The minimum Gasteiger partial charge on any atom is -0.504 e. The van der Waals surface area contributed by atoms with E-state index in [1.54, 1.807) is 0 Å². The van der Waals surface area contributed by atoms with Gasteiger partial charge < -0.3 is 25.2 Å². The molecule has 0 radical (unpaired) electrons. The molecule has 0 fully saturated rings. The number of nitrogens with zero attached hydrogens (tertiary/aromatic N) is 1. The summed E-state index contributed by atoms with van der Waals surface area (Å²) in [4.78, 5) is 36.9. The molecule has 8 nitrogen and oxygen atoms in total. The van der Waals surface area contributed by atoms with Crippen molar-refractivity contribution in [2.75, 3.05) is 25.2 Å². The number of esters is 1. The van der Waals surface area contributed by atoms with Crippen LogP contribution in [-0.4, -0.2) is 43.2 Å². The summed E-state index contributed by atoms with van der Waals surface area (Å²) in [6.07, 6.45) is -0.131. The van der Waals surface area contributed by atoms with Crippen LogP contribution in [0, 0.1) is 5.82 Å². The monoisotopic (exact) mass is 390 g/mol. The molecule has 0 spiro atoms. The van der Waals surface area contributed by atoms with Crippen LogP contribution in [0.5, 0.6) is 11.5 Å². The topological polar surface area (TPSA) is 119 Å². The van der Waals surface area contributed by atoms with Crippen molar-refractivity contribution in [1.82, 2.24) is 0 Å². The Bertz CT molecular complexity index is 869. The van der Waals surface area contributed by atoms with Gasteiger partial charge in [-0.25, -0.2) is 9.18 Å². The van der Waals surface area contributed by atoms with Crippen LogP contribution in [0.3, 0.4) is 0 Å². The van der Waals surface area contributed by atoms with Gasteiger partial charge in [-0.3, -0.25) is 9.59 Å². The van der Waals surface area contributed by atoms with E-state index < -0.39 is 36.0 Å². The highest BCUT2D eigenvalue weighted by Crippen LogP contribution is 2.29. The zero-order valence-corrected chi connectivity index (χ0v) is 15.1. The molecule has 2 aromatic rings. The van der Waals surface area contributed by atoms with Gasteiger partial charge in [0, 0.05) is 18.7 Å². The fraction of sp³-hybridized carbons (Fsp3) is 0.211. The van der Waals surface area contributed by atoms with Crippen LogP contribution in [0.4, 0.5) is 10.1 Å². The van der Waals surface area contributed by atoms with Crippen molar-refractivity contribution in [3.63, 3.8) is 0 Å². The van der Waals surface area contributed by atoms with E-state index in [0.29, 0.717) is 5.69 Å². The Labute approximate surface area is 160 Å². The molecule has 0 aliphatic heterocycles. The molecule has 0 saturated carbocycles. The minimum absolute atomic E-state index is 0.0677. The molecular weight excluding hydrogens is 371 g/mol. The Morgan fingerprint density at radius 2 is 1.82 bits per heavy atom. The van der Waals surface area contributed by atoms with E-state index in [4.69, 9.17) is 15.2 Å². The number of carbonyl (C=O) groups excluding carboxylic acids is 3. The van der Waals surface area contributed by atoms with Gasteiger partial charge in [-0.2, -0.15) is 0 Å². The van der Waals surface area contributed by atoms with Crippen molar-refractivity contribution in [3.8, 4) is 11.5 Å². The van der Waals surface area contributed by atoms with Gasteiger partial charge in [0.1, 0.15) is 11.4 Å². The van der Waals surface area contributed by atoms with E-state index in [1.807, 2.05) is 0 Å². The molecule has 0 bridgehead atoms. The standard InChI is InChI=1S/C19H19FN2O6/c1-27-15-4-2-3-14(18(15)25)19(26)28-11-17(24)22(10-9-16(21)23)13-7-5-12(20)6-8-13/h2-8,25H,9-11H2,1H3,(H2,21,23). The van der Waals surface area contributed by atoms with Gasteiger partial charge in [-0.1, -0.05) is 6.07 Å². The van der Waals surface area contributed by atoms with Crippen molar-refractivity contribution in [1.29, 1.82) is 0 Å². The number of carbonyl (C=O) groups is 3. The smallest absolute Gasteiger partial charge is 0.342 e. The van der Waals surface area contributed by atoms with Crippen LogP contribution >= 0.6 is 0 Å². The van der Waals surface area contributed by atoms with Gasteiger partial charge in [-0.05, 0) is 36.4 Å². The molecule has 0 aliphatic rings. The Kier molecular flexibility index (Phi) is 6.91. The van der Waals surface area contributed by atoms with Gasteiger partial charge in [-0.15, -0.1) is 0 Å². The number of hydrogen-bond acceptors (Lipinski definition) is 6. The number of ether oxygens (including phenoxy) is 2. The van der Waals surface area contributed by atoms with Crippen LogP contribution < -0.4 is 15.4 Å². The number of phenols is 1. The third kappa shape index (κ3) is 5.19. The summed E-state index contributed by atoms with van der Waals surface area (Å²) in [6.45, 7) is -0.729. The molecule has 0 unspecified atom stereocenters. The summed E-state index contributed by atoms with van der Waals surface area (Å²) in [5.41, 5.74) is 5.27. The molecular formula is C19H19FN2O6. The number of hydrogen-bond donors (Lipinski definition) is 2. The zero-order chi connectivity index (χ0) is 20.7. The fourth-order valence-electron chi connectivity index (χ4n) is 2.38. The highest BCUT2D eigenvalue weighted by molar-refractivity contribution is 5.98. The molecule has 0 aliphatic carbocycles. The second kappa shape index (κ2) is 9.36. The molecule has 28 heavy (non-hydrogen) atoms. The highest BCUT2D eigenvalue weighted by Gasteiger charge is 2.21. The molecule has 3 N–H and O–H groups in total. The molecule has 0 saturated heterocycles. The number of rotatable bonds is 8. The summed E-state index contributed by atoms with van der Waals surface area (Å²) in [6, 6.07) is 9.26. The first-order valence-corrected chi connectivity index (χ1v) is 8.20. The lowest BCUT2D eigenvalue weighted by molar-refractivity contribution is -0.121. The molecule has 0 heterocycles. The highest BCUT2D eigenvalue weighted by atomic mass is 19.1. The normalized spacial score (nSPS) is 10.2. The Morgan fingerprint density at radius 1 is 1.14 bits per heavy atom. The number of benzene rings is 2. The second-order valence-electron chi connectivity index (χ2n) is 5.67. The molecule has 148 valence electrons. The van der Waals surface area contributed by atoms with Crippen molar-refractivity contribution in [2.24, 2.45) is 5.73 Å². The summed E-state index contributed by atoms with van der Waals surface area (Å²) >= 11 is 0. The van der Waals surface area contributed by atoms with Gasteiger partial charge in [0.2, 0.25) is 5.91 Å². The molecule has 2 aromatic carbocycles. The van der Waals surface area contributed by atoms with Crippen molar-refractivity contribution in [3.05, 3.63) is 53.8 Å². The van der Waals surface area contributed by atoms with Crippen LogP contribution in [0.1, 0.15) is 16.8 Å². The first-order chi connectivity index (χ1) is 13.3. The molecule has 2 amide bonds. The van der Waals surface area contributed by atoms with E-state index in [2.05, 4.69) is 0 Å². The Morgan fingerprint density at radius 3 is 2.43 bits per heavy atom. The van der Waals surface area contributed by atoms with Gasteiger partial charge in [0.15, 0.2) is 18.1 Å². The number of methoxy groups -OCH3 is 1. The lowest BCUT2D eigenvalue weighted by Gasteiger charge is -2.22. The first-order valence-electron chi connectivity index (χ1n) is 8.20. The molecule has 9 heteroatoms. The number of primary amides is 1. The van der Waals surface area contributed by atoms with E-state index in [0.717, 1.165) is 17.0 Å². The maximum atomic E-state index is 13.1. The minimum atomic E-state index is -0.932. The van der Waals surface area contributed by atoms with E-state index >= 15 is 0 Å². The predicted octanol–water partition coefficient (Wildman–Crippen LogP) is 1.61. The summed E-state index contributed by atoms with van der Waals surface area (Å²) in [7, 11) is 1.33. The summed E-state index contributed by atoms with van der Waals surface area (Å²) in [5, 5.41) is 9.97. The third-order valence-corrected chi connectivity index (χ3v) is 3.79. The van der Waals surface area contributed by atoms with Crippen molar-refractivity contribution < 1.29 is 33.4 Å². The summed E-state index contributed by atoms with van der Waals surface area (Å²) in [5.74, 6) is -3.03. The maximum Gasteiger partial charge on any atom is 0.342 e. The number of halogens is 1. The number of anilines is 1. The number of aromatic hydroxyl groups is 1. The maximum absolute atomic E-state index is 13.1. The average molecular weight is 390 g/mol. The quantitative estimate of drug-likeness (QED) is 0.661. The van der Waals surface area contributed by atoms with Crippen LogP contribution in [0.2, 0.25) is 0 Å². The Hall–Kier alpha value is -3.62. The van der Waals surface area contributed by atoms with E-state index in [9.17, 15) is 23.9 Å². The van der Waals surface area contributed by atoms with Crippen LogP contribution in [0.15, 0.2) is 42.5 Å². The lowest BCUT2D eigenvalue weighted by atomic mass is 10.2. The van der Waals surface area contributed by atoms with Crippen molar-refractivity contribution >= 4 is 23.5 Å². The van der Waals surface area contributed by atoms with Gasteiger partial charge in [0.05, 0.1) is 7.11 Å². The van der Waals surface area contributed by atoms with Crippen LogP contribution in [0.25, 0.3) is 0 Å². The number of phenolic OH excluding ortho intramolecular Hbond substituents is 1. The summed E-state index contributed by atoms with van der Waals surface area (Å²) < 4.78 is 23.0. The third-order valence-electron chi connectivity index (χ3n) is 3.79. The molecule has 0 atom stereocenters. The number of nitrogens with two attached hydrogens (primary N) is 1. The average Bonchev–Trinajstić information content (AvgIpc) is 2.67. The van der Waals surface area contributed by atoms with Crippen LogP contribution in [-0.2, 0) is 14.3 Å². The first kappa shape index (κ1) is 20.7.